The molecular weight excluding hydrogens is 400 g/mol. The Balaban J connectivity index is 1.16. The van der Waals surface area contributed by atoms with Gasteiger partial charge in [-0.2, -0.15) is 0 Å². The lowest BCUT2D eigenvalue weighted by Gasteiger charge is -2.37. The number of benzene rings is 2. The molecule has 1 aromatic heterocycles. The number of piperidine rings is 1. The molecule has 2 aliphatic rings. The summed E-state index contributed by atoms with van der Waals surface area (Å²) in [5.41, 5.74) is 2.53. The molecule has 1 N–H and O–H groups in total. The summed E-state index contributed by atoms with van der Waals surface area (Å²) in [7, 11) is 0. The van der Waals surface area contributed by atoms with E-state index in [2.05, 4.69) is 9.88 Å². The quantitative estimate of drug-likeness (QED) is 0.656. The molecule has 2 aromatic carbocycles. The van der Waals surface area contributed by atoms with Crippen LogP contribution in [0.4, 0.5) is 13.6 Å². The molecule has 0 atom stereocenters. The number of hydrogen-bond donors (Lipinski definition) is 1. The minimum absolute atomic E-state index is 0.221. The van der Waals surface area contributed by atoms with Gasteiger partial charge < -0.3 is 14.6 Å². The number of rotatable bonds is 5. The lowest BCUT2D eigenvalue weighted by molar-refractivity contribution is 0.00102. The van der Waals surface area contributed by atoms with Crippen molar-refractivity contribution < 1.29 is 18.3 Å². The number of amides is 1. The largest absolute Gasteiger partial charge is 0.441 e. The van der Waals surface area contributed by atoms with Crippen molar-refractivity contribution >= 4 is 17.0 Å². The molecular formula is C24H25F2N3O2. The van der Waals surface area contributed by atoms with Crippen LogP contribution in [0.25, 0.3) is 10.9 Å². The zero-order valence-corrected chi connectivity index (χ0v) is 17.2. The first kappa shape index (κ1) is 20.0. The summed E-state index contributed by atoms with van der Waals surface area (Å²) in [5.74, 6) is -0.504. The summed E-state index contributed by atoms with van der Waals surface area (Å²) in [5, 5.41) is 0.939. The molecule has 2 saturated heterocycles. The van der Waals surface area contributed by atoms with Crippen molar-refractivity contribution in [2.75, 3.05) is 26.2 Å². The van der Waals surface area contributed by atoms with Crippen molar-refractivity contribution in [2.45, 2.75) is 31.4 Å². The molecule has 1 spiro atoms. The molecule has 7 heteroatoms. The van der Waals surface area contributed by atoms with Crippen LogP contribution in [0.1, 0.15) is 24.0 Å². The number of halogens is 2. The van der Waals surface area contributed by atoms with Gasteiger partial charge in [0.15, 0.2) is 0 Å². The Morgan fingerprint density at radius 2 is 1.77 bits per heavy atom. The number of aromatic amines is 1. The van der Waals surface area contributed by atoms with Gasteiger partial charge in [0.05, 0.1) is 6.54 Å². The van der Waals surface area contributed by atoms with Crippen molar-refractivity contribution in [1.82, 2.24) is 14.8 Å². The molecule has 162 valence electrons. The number of carbonyl (C=O) groups excluding carboxylic acids is 1. The van der Waals surface area contributed by atoms with Crippen molar-refractivity contribution in [3.8, 4) is 0 Å². The van der Waals surface area contributed by atoms with Gasteiger partial charge in [0.1, 0.15) is 17.2 Å². The third kappa shape index (κ3) is 4.14. The van der Waals surface area contributed by atoms with Crippen molar-refractivity contribution in [3.05, 3.63) is 71.4 Å². The molecule has 0 radical (unpaired) electrons. The monoisotopic (exact) mass is 425 g/mol. The molecule has 0 saturated carbocycles. The first-order valence-corrected chi connectivity index (χ1v) is 10.7. The molecule has 5 nitrogen and oxygen atoms in total. The standard InChI is InChI=1S/C24H25F2N3O2/c25-19-3-1-17(2-4-19)15-29-16-24(31-23(29)30)8-11-28(12-9-24)10-7-18-14-27-22-6-5-20(26)13-21(18)22/h1-6,13-14,27H,7-12,15-16H2. The second kappa shape index (κ2) is 7.96. The van der Waals surface area contributed by atoms with Gasteiger partial charge in [-0.3, -0.25) is 4.90 Å². The highest BCUT2D eigenvalue weighted by Gasteiger charge is 2.46. The lowest BCUT2D eigenvalue weighted by atomic mass is 9.91. The van der Waals surface area contributed by atoms with Gasteiger partial charge in [0, 0.05) is 56.1 Å². The van der Waals surface area contributed by atoms with Gasteiger partial charge in [-0.1, -0.05) is 12.1 Å². The van der Waals surface area contributed by atoms with Gasteiger partial charge in [0.2, 0.25) is 0 Å². The highest BCUT2D eigenvalue weighted by atomic mass is 19.1. The average molecular weight is 425 g/mol. The first-order chi connectivity index (χ1) is 15.0. The zero-order valence-electron chi connectivity index (χ0n) is 17.2. The molecule has 1 amide bonds. The maximum absolute atomic E-state index is 13.6. The van der Waals surface area contributed by atoms with E-state index in [9.17, 15) is 13.6 Å². The van der Waals surface area contributed by atoms with Gasteiger partial charge in [0.25, 0.3) is 0 Å². The molecule has 0 unspecified atom stereocenters. The lowest BCUT2D eigenvalue weighted by Crippen LogP contribution is -2.47. The molecule has 3 aromatic rings. The van der Waals surface area contributed by atoms with Crippen molar-refractivity contribution in [1.29, 1.82) is 0 Å². The fourth-order valence-corrected chi connectivity index (χ4v) is 4.71. The van der Waals surface area contributed by atoms with E-state index in [1.165, 1.54) is 18.2 Å². The Labute approximate surface area is 179 Å². The van der Waals surface area contributed by atoms with Crippen LogP contribution in [-0.2, 0) is 17.7 Å². The average Bonchev–Trinajstić information content (AvgIpc) is 3.29. The van der Waals surface area contributed by atoms with E-state index >= 15 is 0 Å². The van der Waals surface area contributed by atoms with Crippen LogP contribution >= 0.6 is 0 Å². The van der Waals surface area contributed by atoms with E-state index in [4.69, 9.17) is 4.74 Å². The second-order valence-corrected chi connectivity index (χ2v) is 8.63. The Morgan fingerprint density at radius 3 is 2.55 bits per heavy atom. The fourth-order valence-electron chi connectivity index (χ4n) is 4.71. The van der Waals surface area contributed by atoms with Crippen LogP contribution in [0, 0.1) is 11.6 Å². The number of H-pyrrole nitrogens is 1. The van der Waals surface area contributed by atoms with E-state index in [0.29, 0.717) is 13.1 Å². The topological polar surface area (TPSA) is 48.6 Å². The molecule has 2 fully saturated rings. The Morgan fingerprint density at radius 1 is 1.03 bits per heavy atom. The second-order valence-electron chi connectivity index (χ2n) is 8.63. The van der Waals surface area contributed by atoms with Crippen LogP contribution in [0.3, 0.4) is 0 Å². The van der Waals surface area contributed by atoms with Crippen molar-refractivity contribution in [2.24, 2.45) is 0 Å². The minimum Gasteiger partial charge on any atom is -0.441 e. The highest BCUT2D eigenvalue weighted by Crippen LogP contribution is 2.34. The Kier molecular flexibility index (Phi) is 5.14. The van der Waals surface area contributed by atoms with E-state index in [1.807, 2.05) is 6.20 Å². The van der Waals surface area contributed by atoms with Crippen LogP contribution in [0.5, 0.6) is 0 Å². The van der Waals surface area contributed by atoms with Crippen LogP contribution < -0.4 is 0 Å². The number of likely N-dealkylation sites (tertiary alicyclic amines) is 1. The number of nitrogens with zero attached hydrogens (tertiary/aromatic N) is 2. The van der Waals surface area contributed by atoms with Crippen LogP contribution in [0.2, 0.25) is 0 Å². The molecule has 3 heterocycles. The SMILES string of the molecule is O=C1OC2(CCN(CCc3c[nH]c4ccc(F)cc34)CC2)CN1Cc1ccc(F)cc1. The molecule has 0 aliphatic carbocycles. The minimum atomic E-state index is -0.433. The summed E-state index contributed by atoms with van der Waals surface area (Å²) in [4.78, 5) is 19.7. The van der Waals surface area contributed by atoms with Gasteiger partial charge in [-0.25, -0.2) is 13.6 Å². The molecule has 5 rings (SSSR count). The fraction of sp³-hybridized carbons (Fsp3) is 0.375. The zero-order chi connectivity index (χ0) is 21.4. The molecule has 31 heavy (non-hydrogen) atoms. The van der Waals surface area contributed by atoms with E-state index in [0.717, 1.165) is 60.9 Å². The Bertz CT molecular complexity index is 1090. The Hall–Kier alpha value is -2.93. The van der Waals surface area contributed by atoms with Crippen molar-refractivity contribution in [3.63, 3.8) is 0 Å². The van der Waals surface area contributed by atoms with Crippen LogP contribution in [-0.4, -0.2) is 52.7 Å². The summed E-state index contributed by atoms with van der Waals surface area (Å²) in [6.45, 7) is 3.59. The molecule has 0 bridgehead atoms. The number of carbonyl (C=O) groups is 1. The normalized spacial score (nSPS) is 18.8. The summed E-state index contributed by atoms with van der Waals surface area (Å²) < 4.78 is 32.5. The number of fused-ring (bicyclic) bond motifs is 1. The maximum Gasteiger partial charge on any atom is 0.410 e. The van der Waals surface area contributed by atoms with Crippen LogP contribution in [0.15, 0.2) is 48.7 Å². The number of nitrogens with one attached hydrogen (secondary N) is 1. The predicted octanol–water partition coefficient (Wildman–Crippen LogP) is 4.48. The first-order valence-electron chi connectivity index (χ1n) is 10.7. The third-order valence-electron chi connectivity index (χ3n) is 6.52. The van der Waals surface area contributed by atoms with Gasteiger partial charge >= 0.3 is 6.09 Å². The predicted molar refractivity (Wildman–Crippen MR) is 114 cm³/mol. The molecule has 2 aliphatic heterocycles. The summed E-state index contributed by atoms with van der Waals surface area (Å²) in [6, 6.07) is 11.0. The van der Waals surface area contributed by atoms with Gasteiger partial charge in [-0.05, 0) is 47.9 Å². The van der Waals surface area contributed by atoms with Gasteiger partial charge in [-0.15, -0.1) is 0 Å². The van der Waals surface area contributed by atoms with E-state index in [-0.39, 0.29) is 17.7 Å². The highest BCUT2D eigenvalue weighted by molar-refractivity contribution is 5.83. The number of hydrogen-bond acceptors (Lipinski definition) is 3. The summed E-state index contributed by atoms with van der Waals surface area (Å²) >= 11 is 0. The smallest absolute Gasteiger partial charge is 0.410 e. The number of aromatic nitrogens is 1. The van der Waals surface area contributed by atoms with E-state index in [1.54, 1.807) is 29.2 Å². The summed E-state index contributed by atoms with van der Waals surface area (Å²) in [6.07, 6.45) is 4.09. The maximum atomic E-state index is 13.6. The third-order valence-corrected chi connectivity index (χ3v) is 6.52. The van der Waals surface area contributed by atoms with E-state index < -0.39 is 5.60 Å². The number of ether oxygens (including phenoxy) is 1.